The molecule has 0 heterocycles. The second kappa shape index (κ2) is 5.98. The van der Waals surface area contributed by atoms with Crippen LogP contribution in [0.4, 0.5) is 11.4 Å². The number of nitrogens with one attached hydrogen (secondary N) is 1. The van der Waals surface area contributed by atoms with Crippen LogP contribution in [0.1, 0.15) is 13.3 Å². The Morgan fingerprint density at radius 3 is 2.58 bits per heavy atom. The third-order valence-corrected chi connectivity index (χ3v) is 3.62. The summed E-state index contributed by atoms with van der Waals surface area (Å²) in [6, 6.07) is 3.79. The van der Waals surface area contributed by atoms with E-state index in [0.717, 1.165) is 12.3 Å². The predicted molar refractivity (Wildman–Crippen MR) is 73.0 cm³/mol. The number of sulfone groups is 1. The standard InChI is InChI=1S/C11H17N3O4S/c1-8(12)5-6-13-10-4-3-9(19(2,17)18)7-11(10)14(15)16/h3-4,7-8,13H,5-6,12H2,1-2H3. The molecule has 0 bridgehead atoms. The molecule has 0 aliphatic carbocycles. The van der Waals surface area contributed by atoms with Crippen LogP contribution in [0.5, 0.6) is 0 Å². The maximum atomic E-state index is 11.4. The lowest BCUT2D eigenvalue weighted by Gasteiger charge is -2.09. The van der Waals surface area contributed by atoms with Crippen LogP contribution in [0.2, 0.25) is 0 Å². The van der Waals surface area contributed by atoms with E-state index in [1.165, 1.54) is 12.1 Å². The largest absolute Gasteiger partial charge is 0.379 e. The highest BCUT2D eigenvalue weighted by Gasteiger charge is 2.18. The fraction of sp³-hybridized carbons (Fsp3) is 0.455. The zero-order chi connectivity index (χ0) is 14.6. The summed E-state index contributed by atoms with van der Waals surface area (Å²) in [5.41, 5.74) is 5.62. The minimum Gasteiger partial charge on any atom is -0.379 e. The van der Waals surface area contributed by atoms with Gasteiger partial charge in [0.1, 0.15) is 5.69 Å². The summed E-state index contributed by atoms with van der Waals surface area (Å²) < 4.78 is 22.7. The third-order valence-electron chi connectivity index (χ3n) is 2.51. The first-order valence-corrected chi connectivity index (χ1v) is 7.59. The monoisotopic (exact) mass is 287 g/mol. The van der Waals surface area contributed by atoms with Gasteiger partial charge in [-0.3, -0.25) is 10.1 Å². The predicted octanol–water partition coefficient (Wildman–Crippen LogP) is 1.15. The molecule has 3 N–H and O–H groups in total. The second-order valence-electron chi connectivity index (χ2n) is 4.40. The van der Waals surface area contributed by atoms with Gasteiger partial charge in [0.15, 0.2) is 9.84 Å². The first-order chi connectivity index (χ1) is 8.71. The van der Waals surface area contributed by atoms with Gasteiger partial charge < -0.3 is 11.1 Å². The lowest BCUT2D eigenvalue weighted by Crippen LogP contribution is -2.19. The molecule has 0 saturated heterocycles. The number of nitrogens with two attached hydrogens (primary N) is 1. The van der Waals surface area contributed by atoms with E-state index in [9.17, 15) is 18.5 Å². The molecule has 1 rings (SSSR count). The van der Waals surface area contributed by atoms with Crippen molar-refractivity contribution in [2.75, 3.05) is 18.1 Å². The van der Waals surface area contributed by atoms with E-state index >= 15 is 0 Å². The minimum atomic E-state index is -3.46. The van der Waals surface area contributed by atoms with Gasteiger partial charge in [0.05, 0.1) is 9.82 Å². The van der Waals surface area contributed by atoms with Crippen LogP contribution in [0.3, 0.4) is 0 Å². The second-order valence-corrected chi connectivity index (χ2v) is 6.42. The van der Waals surface area contributed by atoms with Gasteiger partial charge in [-0.25, -0.2) is 8.42 Å². The lowest BCUT2D eigenvalue weighted by atomic mass is 10.2. The molecule has 19 heavy (non-hydrogen) atoms. The number of hydrogen-bond acceptors (Lipinski definition) is 6. The van der Waals surface area contributed by atoms with E-state index in [1.807, 2.05) is 6.92 Å². The van der Waals surface area contributed by atoms with Crippen molar-refractivity contribution in [1.29, 1.82) is 0 Å². The number of hydrogen-bond donors (Lipinski definition) is 2. The van der Waals surface area contributed by atoms with Crippen molar-refractivity contribution in [3.8, 4) is 0 Å². The Morgan fingerprint density at radius 1 is 1.47 bits per heavy atom. The molecular formula is C11H17N3O4S. The van der Waals surface area contributed by atoms with E-state index in [2.05, 4.69) is 5.32 Å². The maximum Gasteiger partial charge on any atom is 0.293 e. The van der Waals surface area contributed by atoms with Crippen LogP contribution in [0, 0.1) is 10.1 Å². The molecule has 1 unspecified atom stereocenters. The number of anilines is 1. The average molecular weight is 287 g/mol. The van der Waals surface area contributed by atoms with Crippen LogP contribution >= 0.6 is 0 Å². The first kappa shape index (κ1) is 15.4. The van der Waals surface area contributed by atoms with Gasteiger partial charge in [-0.1, -0.05) is 0 Å². The number of nitrogens with zero attached hydrogens (tertiary/aromatic N) is 1. The Labute approximate surface area is 111 Å². The molecule has 0 amide bonds. The highest BCUT2D eigenvalue weighted by molar-refractivity contribution is 7.90. The molecule has 0 radical (unpaired) electrons. The number of benzene rings is 1. The van der Waals surface area contributed by atoms with Crippen LogP contribution in [0.25, 0.3) is 0 Å². The van der Waals surface area contributed by atoms with Crippen LogP contribution < -0.4 is 11.1 Å². The van der Waals surface area contributed by atoms with E-state index < -0.39 is 14.8 Å². The maximum absolute atomic E-state index is 11.4. The Bertz CT molecular complexity index is 569. The molecule has 1 aromatic rings. The summed E-state index contributed by atoms with van der Waals surface area (Å²) >= 11 is 0. The average Bonchev–Trinajstić information content (AvgIpc) is 2.27. The molecule has 0 spiro atoms. The van der Waals surface area contributed by atoms with Gasteiger partial charge >= 0.3 is 0 Å². The Hall–Kier alpha value is -1.67. The quantitative estimate of drug-likeness (QED) is 0.599. The van der Waals surface area contributed by atoms with Gasteiger partial charge in [0.2, 0.25) is 0 Å². The van der Waals surface area contributed by atoms with E-state index in [4.69, 9.17) is 5.73 Å². The highest BCUT2D eigenvalue weighted by Crippen LogP contribution is 2.27. The molecule has 7 nitrogen and oxygen atoms in total. The van der Waals surface area contributed by atoms with E-state index in [1.54, 1.807) is 0 Å². The van der Waals surface area contributed by atoms with Crippen molar-refractivity contribution in [3.63, 3.8) is 0 Å². The number of rotatable bonds is 6. The Balaban J connectivity index is 3.02. The molecule has 1 atom stereocenters. The van der Waals surface area contributed by atoms with Gasteiger partial charge in [0.25, 0.3) is 5.69 Å². The number of nitro groups is 1. The third kappa shape index (κ3) is 4.49. The molecule has 106 valence electrons. The number of nitro benzene ring substituents is 1. The molecule has 0 saturated carbocycles. The summed E-state index contributed by atoms with van der Waals surface area (Å²) in [7, 11) is -3.46. The smallest absolute Gasteiger partial charge is 0.293 e. The minimum absolute atomic E-state index is 0.0122. The van der Waals surface area contributed by atoms with Gasteiger partial charge in [0, 0.05) is 24.9 Å². The van der Waals surface area contributed by atoms with Crippen molar-refractivity contribution in [1.82, 2.24) is 0 Å². The van der Waals surface area contributed by atoms with E-state index in [0.29, 0.717) is 13.0 Å². The molecule has 0 aliphatic rings. The molecule has 0 aromatic heterocycles. The summed E-state index contributed by atoms with van der Waals surface area (Å²) in [6.45, 7) is 2.32. The highest BCUT2D eigenvalue weighted by atomic mass is 32.2. The SMILES string of the molecule is CC(N)CCNc1ccc(S(C)(=O)=O)cc1[N+](=O)[O-]. The Kier molecular flexibility index (Phi) is 4.84. The normalized spacial score (nSPS) is 13.0. The van der Waals surface area contributed by atoms with Gasteiger partial charge in [-0.15, -0.1) is 0 Å². The van der Waals surface area contributed by atoms with Crippen molar-refractivity contribution >= 4 is 21.2 Å². The van der Waals surface area contributed by atoms with Crippen molar-refractivity contribution in [2.24, 2.45) is 5.73 Å². The fourth-order valence-electron chi connectivity index (χ4n) is 1.48. The van der Waals surface area contributed by atoms with Crippen molar-refractivity contribution in [3.05, 3.63) is 28.3 Å². The molecule has 0 fully saturated rings. The van der Waals surface area contributed by atoms with E-state index in [-0.39, 0.29) is 22.3 Å². The molecule has 8 heteroatoms. The van der Waals surface area contributed by atoms with Gasteiger partial charge in [-0.2, -0.15) is 0 Å². The summed E-state index contributed by atoms with van der Waals surface area (Å²) in [5.74, 6) is 0. The Morgan fingerprint density at radius 2 is 2.11 bits per heavy atom. The van der Waals surface area contributed by atoms with Gasteiger partial charge in [-0.05, 0) is 25.5 Å². The van der Waals surface area contributed by atoms with Crippen LogP contribution in [-0.2, 0) is 9.84 Å². The van der Waals surface area contributed by atoms with Crippen LogP contribution in [0.15, 0.2) is 23.1 Å². The van der Waals surface area contributed by atoms with Crippen LogP contribution in [-0.4, -0.2) is 32.2 Å². The topological polar surface area (TPSA) is 115 Å². The summed E-state index contributed by atoms with van der Waals surface area (Å²) in [5, 5.41) is 13.8. The summed E-state index contributed by atoms with van der Waals surface area (Å²) in [6.07, 6.45) is 1.67. The summed E-state index contributed by atoms with van der Waals surface area (Å²) in [4.78, 5) is 10.3. The van der Waals surface area contributed by atoms with Crippen molar-refractivity contribution < 1.29 is 13.3 Å². The molecular weight excluding hydrogens is 270 g/mol. The van der Waals surface area contributed by atoms with Crippen molar-refractivity contribution in [2.45, 2.75) is 24.3 Å². The molecule has 1 aromatic carbocycles. The first-order valence-electron chi connectivity index (χ1n) is 5.69. The lowest BCUT2D eigenvalue weighted by molar-refractivity contribution is -0.384. The zero-order valence-electron chi connectivity index (χ0n) is 10.8. The molecule has 0 aliphatic heterocycles. The fourth-order valence-corrected chi connectivity index (χ4v) is 2.12. The zero-order valence-corrected chi connectivity index (χ0v) is 11.6.